The molecule has 5 rings (SSSR count). The molecule has 0 radical (unpaired) electrons. The molecule has 0 aliphatic heterocycles. The molecule has 1 heterocycles. The summed E-state index contributed by atoms with van der Waals surface area (Å²) in [7, 11) is 4.07. The topological polar surface area (TPSA) is 53.1 Å². The lowest BCUT2D eigenvalue weighted by Crippen LogP contribution is -2.31. The highest BCUT2D eigenvalue weighted by molar-refractivity contribution is 5.90. The van der Waals surface area contributed by atoms with E-state index in [4.69, 9.17) is 9.97 Å². The molecule has 0 atom stereocenters. The molecule has 1 fully saturated rings. The number of anilines is 2. The molecular weight excluding hydrogens is 430 g/mol. The van der Waals surface area contributed by atoms with Gasteiger partial charge in [-0.1, -0.05) is 66.7 Å². The number of nitrogens with zero attached hydrogens (tertiary/aromatic N) is 3. The summed E-state index contributed by atoms with van der Waals surface area (Å²) >= 11 is 0. The van der Waals surface area contributed by atoms with E-state index in [1.807, 2.05) is 26.2 Å². The van der Waals surface area contributed by atoms with E-state index in [2.05, 4.69) is 82.3 Å². The molecule has 0 spiro atoms. The van der Waals surface area contributed by atoms with Crippen LogP contribution in [0, 0.1) is 5.92 Å². The van der Waals surface area contributed by atoms with Gasteiger partial charge in [0.1, 0.15) is 5.82 Å². The van der Waals surface area contributed by atoms with Gasteiger partial charge in [-0.25, -0.2) is 4.98 Å². The first kappa shape index (κ1) is 23.3. The Hall–Kier alpha value is -3.44. The van der Waals surface area contributed by atoms with Crippen molar-refractivity contribution in [2.24, 2.45) is 5.92 Å². The molecule has 4 aromatic rings. The normalized spacial score (nSPS) is 17.9. The van der Waals surface area contributed by atoms with Crippen molar-refractivity contribution < 1.29 is 0 Å². The van der Waals surface area contributed by atoms with Crippen LogP contribution in [0.5, 0.6) is 0 Å². The van der Waals surface area contributed by atoms with Crippen LogP contribution in [0.2, 0.25) is 0 Å². The van der Waals surface area contributed by atoms with Crippen molar-refractivity contribution in [1.82, 2.24) is 15.3 Å². The Balaban J connectivity index is 1.14. The summed E-state index contributed by atoms with van der Waals surface area (Å²) in [5.41, 5.74) is 4.95. The van der Waals surface area contributed by atoms with E-state index in [1.54, 1.807) is 0 Å². The average Bonchev–Trinajstić information content (AvgIpc) is 2.90. The van der Waals surface area contributed by atoms with E-state index < -0.39 is 0 Å². The second kappa shape index (κ2) is 10.9. The molecule has 3 aromatic carbocycles. The van der Waals surface area contributed by atoms with E-state index >= 15 is 0 Å². The van der Waals surface area contributed by atoms with Gasteiger partial charge in [0.2, 0.25) is 5.95 Å². The molecule has 1 aliphatic carbocycles. The number of para-hydroxylation sites is 1. The molecule has 5 nitrogen and oxygen atoms in total. The van der Waals surface area contributed by atoms with Crippen molar-refractivity contribution >= 4 is 22.7 Å². The second-order valence-electron chi connectivity index (χ2n) is 9.80. The molecule has 180 valence electrons. The third kappa shape index (κ3) is 5.63. The monoisotopic (exact) mass is 465 g/mol. The van der Waals surface area contributed by atoms with Crippen LogP contribution in [0.1, 0.15) is 31.2 Å². The Morgan fingerprint density at radius 1 is 0.800 bits per heavy atom. The lowest BCUT2D eigenvalue weighted by molar-refractivity contribution is 0.324. The predicted molar refractivity (Wildman–Crippen MR) is 147 cm³/mol. The highest BCUT2D eigenvalue weighted by Crippen LogP contribution is 2.29. The maximum atomic E-state index is 4.82. The van der Waals surface area contributed by atoms with Crippen LogP contribution >= 0.6 is 0 Å². The van der Waals surface area contributed by atoms with E-state index in [0.29, 0.717) is 12.0 Å². The van der Waals surface area contributed by atoms with E-state index in [0.717, 1.165) is 48.6 Å². The molecule has 1 saturated carbocycles. The lowest BCUT2D eigenvalue weighted by atomic mass is 9.86. The standard InChI is InChI=1S/C30H35N5/c1-35(2)29-27-14-8-9-15-28(27)33-30(34-29)32-25-18-16-22(17-19-25)20-31-21-24-12-6-7-13-26(24)23-10-4-3-5-11-23/h3-15,22,25,31H,16-21H2,1-2H3,(H,32,33,34). The highest BCUT2D eigenvalue weighted by Gasteiger charge is 2.22. The highest BCUT2D eigenvalue weighted by atomic mass is 15.2. The minimum atomic E-state index is 0.432. The van der Waals surface area contributed by atoms with Crippen LogP contribution in [0.4, 0.5) is 11.8 Å². The van der Waals surface area contributed by atoms with Gasteiger partial charge < -0.3 is 15.5 Å². The first-order chi connectivity index (χ1) is 17.2. The smallest absolute Gasteiger partial charge is 0.225 e. The Morgan fingerprint density at radius 2 is 1.51 bits per heavy atom. The summed E-state index contributed by atoms with van der Waals surface area (Å²) in [6.45, 7) is 1.97. The number of aromatic nitrogens is 2. The van der Waals surface area contributed by atoms with Gasteiger partial charge >= 0.3 is 0 Å². The largest absolute Gasteiger partial charge is 0.362 e. The van der Waals surface area contributed by atoms with Crippen LogP contribution in [0.15, 0.2) is 78.9 Å². The molecule has 0 amide bonds. The Labute approximate surface area is 208 Å². The minimum absolute atomic E-state index is 0.432. The molecule has 2 N–H and O–H groups in total. The molecule has 0 unspecified atom stereocenters. The van der Waals surface area contributed by atoms with Crippen LogP contribution in [-0.2, 0) is 6.54 Å². The van der Waals surface area contributed by atoms with Crippen LogP contribution in [-0.4, -0.2) is 36.6 Å². The Bertz CT molecular complexity index is 1250. The fourth-order valence-electron chi connectivity index (χ4n) is 5.14. The van der Waals surface area contributed by atoms with Crippen LogP contribution < -0.4 is 15.5 Å². The van der Waals surface area contributed by atoms with E-state index in [9.17, 15) is 0 Å². The Morgan fingerprint density at radius 3 is 2.31 bits per heavy atom. The van der Waals surface area contributed by atoms with Crippen molar-refractivity contribution in [2.45, 2.75) is 38.3 Å². The van der Waals surface area contributed by atoms with Crippen molar-refractivity contribution in [1.29, 1.82) is 0 Å². The zero-order valence-electron chi connectivity index (χ0n) is 20.7. The van der Waals surface area contributed by atoms with Crippen molar-refractivity contribution in [3.05, 3.63) is 84.4 Å². The summed E-state index contributed by atoms with van der Waals surface area (Å²) in [5, 5.41) is 8.45. The van der Waals surface area contributed by atoms with Gasteiger partial charge in [0.25, 0.3) is 0 Å². The number of hydrogen-bond acceptors (Lipinski definition) is 5. The molecule has 1 aliphatic rings. The maximum Gasteiger partial charge on any atom is 0.225 e. The maximum absolute atomic E-state index is 4.82. The fourth-order valence-corrected chi connectivity index (χ4v) is 5.14. The quantitative estimate of drug-likeness (QED) is 0.328. The van der Waals surface area contributed by atoms with Crippen molar-refractivity contribution in [3.8, 4) is 11.1 Å². The number of rotatable bonds is 8. The summed E-state index contributed by atoms with van der Waals surface area (Å²) in [6, 6.07) is 28.0. The Kier molecular flexibility index (Phi) is 7.24. The first-order valence-corrected chi connectivity index (χ1v) is 12.7. The molecule has 5 heteroatoms. The molecule has 35 heavy (non-hydrogen) atoms. The summed E-state index contributed by atoms with van der Waals surface area (Å²) < 4.78 is 0. The van der Waals surface area contributed by atoms with Crippen molar-refractivity contribution in [2.75, 3.05) is 30.9 Å². The van der Waals surface area contributed by atoms with E-state index in [-0.39, 0.29) is 0 Å². The minimum Gasteiger partial charge on any atom is -0.362 e. The molecular formula is C30H35N5. The third-order valence-electron chi connectivity index (χ3n) is 7.04. The number of benzene rings is 3. The van der Waals surface area contributed by atoms with Crippen LogP contribution in [0.3, 0.4) is 0 Å². The average molecular weight is 466 g/mol. The van der Waals surface area contributed by atoms with Crippen molar-refractivity contribution in [3.63, 3.8) is 0 Å². The zero-order valence-corrected chi connectivity index (χ0v) is 20.7. The first-order valence-electron chi connectivity index (χ1n) is 12.7. The third-order valence-corrected chi connectivity index (χ3v) is 7.04. The predicted octanol–water partition coefficient (Wildman–Crippen LogP) is 6.12. The van der Waals surface area contributed by atoms with Crippen LogP contribution in [0.25, 0.3) is 22.0 Å². The number of fused-ring (bicyclic) bond motifs is 1. The molecule has 1 aromatic heterocycles. The van der Waals surface area contributed by atoms with Gasteiger partial charge in [-0.05, 0) is 67.0 Å². The summed E-state index contributed by atoms with van der Waals surface area (Å²) in [5.74, 6) is 2.42. The molecule has 0 bridgehead atoms. The van der Waals surface area contributed by atoms with Gasteiger partial charge in [-0.3, -0.25) is 0 Å². The SMILES string of the molecule is CN(C)c1nc(NC2CCC(CNCc3ccccc3-c3ccccc3)CC2)nc2ccccc12. The summed E-state index contributed by atoms with van der Waals surface area (Å²) in [6.07, 6.45) is 4.75. The molecule has 0 saturated heterocycles. The zero-order chi connectivity index (χ0) is 24.0. The van der Waals surface area contributed by atoms with Gasteiger partial charge in [0, 0.05) is 32.1 Å². The van der Waals surface area contributed by atoms with Gasteiger partial charge in [-0.2, -0.15) is 4.98 Å². The van der Waals surface area contributed by atoms with Gasteiger partial charge in [0.15, 0.2) is 0 Å². The van der Waals surface area contributed by atoms with Gasteiger partial charge in [0.05, 0.1) is 5.52 Å². The summed E-state index contributed by atoms with van der Waals surface area (Å²) in [4.78, 5) is 11.7. The fraction of sp³-hybridized carbons (Fsp3) is 0.333. The van der Waals surface area contributed by atoms with E-state index in [1.165, 1.54) is 29.5 Å². The number of nitrogens with one attached hydrogen (secondary N) is 2. The lowest BCUT2D eigenvalue weighted by Gasteiger charge is -2.29. The second-order valence-corrected chi connectivity index (χ2v) is 9.80. The number of hydrogen-bond donors (Lipinski definition) is 2. The van der Waals surface area contributed by atoms with Gasteiger partial charge in [-0.15, -0.1) is 0 Å².